The predicted molar refractivity (Wildman–Crippen MR) is 78.3 cm³/mol. The summed E-state index contributed by atoms with van der Waals surface area (Å²) in [5.41, 5.74) is 1.39. The van der Waals surface area contributed by atoms with Crippen molar-refractivity contribution in [1.29, 1.82) is 0 Å². The van der Waals surface area contributed by atoms with Gasteiger partial charge in [0.1, 0.15) is 11.6 Å². The molecular weight excluding hydrogens is 280 g/mol. The fourth-order valence-corrected chi connectivity index (χ4v) is 1.86. The van der Waals surface area contributed by atoms with Gasteiger partial charge in [0.05, 0.1) is 10.7 Å². The van der Waals surface area contributed by atoms with Crippen LogP contribution in [0.15, 0.2) is 24.3 Å². The largest absolute Gasteiger partial charge is 0.506 e. The van der Waals surface area contributed by atoms with Crippen molar-refractivity contribution in [3.63, 3.8) is 0 Å². The van der Waals surface area contributed by atoms with Crippen LogP contribution in [0.4, 0.5) is 16.3 Å². The number of halogens is 1. The third-order valence-electron chi connectivity index (χ3n) is 2.74. The minimum Gasteiger partial charge on any atom is -0.506 e. The number of aromatic nitrogens is 2. The highest BCUT2D eigenvalue weighted by Crippen LogP contribution is 2.26. The molecule has 0 saturated heterocycles. The molecule has 1 heterocycles. The number of benzene rings is 1. The maximum absolute atomic E-state index is 11.9. The highest BCUT2D eigenvalue weighted by Gasteiger charge is 2.09. The number of urea groups is 1. The van der Waals surface area contributed by atoms with Gasteiger partial charge in [0.15, 0.2) is 0 Å². The summed E-state index contributed by atoms with van der Waals surface area (Å²) in [7, 11) is 1.76. The van der Waals surface area contributed by atoms with Crippen molar-refractivity contribution >= 4 is 29.1 Å². The monoisotopic (exact) mass is 294 g/mol. The van der Waals surface area contributed by atoms with E-state index in [1.54, 1.807) is 17.8 Å². The summed E-state index contributed by atoms with van der Waals surface area (Å²) in [5, 5.41) is 19.0. The molecule has 0 radical (unpaired) electrons. The van der Waals surface area contributed by atoms with Crippen molar-refractivity contribution in [3.8, 4) is 5.75 Å². The molecule has 2 amide bonds. The first-order chi connectivity index (χ1) is 9.49. The van der Waals surface area contributed by atoms with Gasteiger partial charge in [-0.1, -0.05) is 18.5 Å². The number of hydrogen-bond donors (Lipinski definition) is 3. The van der Waals surface area contributed by atoms with Gasteiger partial charge in [-0.15, -0.1) is 0 Å². The molecule has 0 fully saturated rings. The van der Waals surface area contributed by atoms with Gasteiger partial charge in [-0.2, -0.15) is 5.10 Å². The molecule has 0 bridgehead atoms. The highest BCUT2D eigenvalue weighted by atomic mass is 35.5. The Balaban J connectivity index is 2.04. The molecule has 106 valence electrons. The van der Waals surface area contributed by atoms with Crippen LogP contribution in [0.2, 0.25) is 5.02 Å². The molecule has 7 heteroatoms. The number of aryl methyl sites for hydroxylation is 2. The Morgan fingerprint density at radius 2 is 2.15 bits per heavy atom. The van der Waals surface area contributed by atoms with Gasteiger partial charge < -0.3 is 10.4 Å². The van der Waals surface area contributed by atoms with Gasteiger partial charge >= 0.3 is 6.03 Å². The van der Waals surface area contributed by atoms with Crippen molar-refractivity contribution in [1.82, 2.24) is 9.78 Å². The molecule has 0 atom stereocenters. The van der Waals surface area contributed by atoms with Crippen LogP contribution in [-0.2, 0) is 13.5 Å². The van der Waals surface area contributed by atoms with Gasteiger partial charge in [0.25, 0.3) is 0 Å². The van der Waals surface area contributed by atoms with Crippen LogP contribution in [0, 0.1) is 0 Å². The zero-order valence-electron chi connectivity index (χ0n) is 11.1. The van der Waals surface area contributed by atoms with Crippen LogP contribution in [0.5, 0.6) is 5.75 Å². The van der Waals surface area contributed by atoms with Crippen molar-refractivity contribution in [2.75, 3.05) is 10.6 Å². The van der Waals surface area contributed by atoms with Gasteiger partial charge in [0.2, 0.25) is 0 Å². The first-order valence-electron chi connectivity index (χ1n) is 6.09. The summed E-state index contributed by atoms with van der Waals surface area (Å²) in [6.45, 7) is 1.99. The van der Waals surface area contributed by atoms with E-state index in [1.165, 1.54) is 12.1 Å². The molecule has 6 nitrogen and oxygen atoms in total. The number of amides is 2. The zero-order chi connectivity index (χ0) is 14.7. The molecule has 1 aromatic carbocycles. The van der Waals surface area contributed by atoms with E-state index in [1.807, 2.05) is 13.0 Å². The number of rotatable bonds is 3. The first-order valence-corrected chi connectivity index (χ1v) is 6.47. The Kier molecular flexibility index (Phi) is 4.14. The number of nitrogens with zero attached hydrogens (tertiary/aromatic N) is 2. The topological polar surface area (TPSA) is 79.2 Å². The summed E-state index contributed by atoms with van der Waals surface area (Å²) >= 11 is 5.77. The van der Waals surface area contributed by atoms with Crippen LogP contribution in [0.25, 0.3) is 0 Å². The lowest BCUT2D eigenvalue weighted by Crippen LogP contribution is -2.20. The van der Waals surface area contributed by atoms with Gasteiger partial charge in [-0.05, 0) is 24.6 Å². The summed E-state index contributed by atoms with van der Waals surface area (Å²) in [6, 6.07) is 5.84. The van der Waals surface area contributed by atoms with E-state index in [0.29, 0.717) is 11.5 Å². The first kappa shape index (κ1) is 14.2. The van der Waals surface area contributed by atoms with Crippen LogP contribution < -0.4 is 10.6 Å². The van der Waals surface area contributed by atoms with E-state index >= 15 is 0 Å². The maximum atomic E-state index is 11.9. The lowest BCUT2D eigenvalue weighted by Gasteiger charge is -2.08. The van der Waals surface area contributed by atoms with Crippen LogP contribution in [0.1, 0.15) is 12.6 Å². The second-order valence-corrected chi connectivity index (χ2v) is 4.65. The predicted octanol–water partition coefficient (Wildman–Crippen LogP) is 2.99. The third-order valence-corrected chi connectivity index (χ3v) is 3.04. The average molecular weight is 295 g/mol. The number of aromatic hydroxyl groups is 1. The Morgan fingerprint density at radius 1 is 1.40 bits per heavy atom. The lowest BCUT2D eigenvalue weighted by atomic mass is 10.3. The average Bonchev–Trinajstić information content (AvgIpc) is 2.74. The standard InChI is InChI=1S/C13H15ClN4O2/c1-3-8-7-12(18(2)17-8)16-13(20)15-9-4-5-11(19)10(14)6-9/h4-7,19H,3H2,1-2H3,(H2,15,16,20). The summed E-state index contributed by atoms with van der Waals surface area (Å²) in [4.78, 5) is 11.9. The fraction of sp³-hybridized carbons (Fsp3) is 0.231. The summed E-state index contributed by atoms with van der Waals surface area (Å²) in [5.74, 6) is 0.570. The molecule has 2 rings (SSSR count). The third kappa shape index (κ3) is 3.21. The van der Waals surface area contributed by atoms with Gasteiger partial charge in [0, 0.05) is 18.8 Å². The number of anilines is 2. The molecule has 3 N–H and O–H groups in total. The second-order valence-electron chi connectivity index (χ2n) is 4.24. The maximum Gasteiger partial charge on any atom is 0.324 e. The minimum atomic E-state index is -0.405. The van der Waals surface area contributed by atoms with Crippen molar-refractivity contribution in [2.45, 2.75) is 13.3 Å². The summed E-state index contributed by atoms with van der Waals surface area (Å²) < 4.78 is 1.60. The number of hydrogen-bond acceptors (Lipinski definition) is 3. The van der Waals surface area contributed by atoms with E-state index in [2.05, 4.69) is 15.7 Å². The van der Waals surface area contributed by atoms with E-state index in [-0.39, 0.29) is 10.8 Å². The van der Waals surface area contributed by atoms with Crippen molar-refractivity contribution in [3.05, 3.63) is 35.0 Å². The highest BCUT2D eigenvalue weighted by molar-refractivity contribution is 6.32. The molecule has 20 heavy (non-hydrogen) atoms. The van der Waals surface area contributed by atoms with E-state index < -0.39 is 6.03 Å². The molecule has 0 aliphatic carbocycles. The molecule has 0 saturated carbocycles. The second kappa shape index (κ2) is 5.83. The summed E-state index contributed by atoms with van der Waals surface area (Å²) in [6.07, 6.45) is 0.796. The van der Waals surface area contributed by atoms with Crippen molar-refractivity contribution in [2.24, 2.45) is 7.05 Å². The quantitative estimate of drug-likeness (QED) is 0.761. The number of carbonyl (C=O) groups is 1. The van der Waals surface area contributed by atoms with Gasteiger partial charge in [-0.3, -0.25) is 10.00 Å². The van der Waals surface area contributed by atoms with Crippen LogP contribution >= 0.6 is 11.6 Å². The van der Waals surface area contributed by atoms with E-state index in [4.69, 9.17) is 11.6 Å². The Bertz CT molecular complexity index is 639. The number of phenolic OH excluding ortho intramolecular Hbond substituents is 1. The number of carbonyl (C=O) groups excluding carboxylic acids is 1. The van der Waals surface area contributed by atoms with E-state index in [9.17, 15) is 9.90 Å². The Labute approximate surface area is 121 Å². The zero-order valence-corrected chi connectivity index (χ0v) is 11.9. The van der Waals surface area contributed by atoms with Crippen LogP contribution in [0.3, 0.4) is 0 Å². The minimum absolute atomic E-state index is 0.0307. The Hall–Kier alpha value is -2.21. The molecular formula is C13H15ClN4O2. The molecule has 1 aromatic heterocycles. The Morgan fingerprint density at radius 3 is 2.75 bits per heavy atom. The smallest absolute Gasteiger partial charge is 0.324 e. The van der Waals surface area contributed by atoms with Crippen molar-refractivity contribution < 1.29 is 9.90 Å². The number of phenols is 1. The van der Waals surface area contributed by atoms with Gasteiger partial charge in [-0.25, -0.2) is 4.79 Å². The fourth-order valence-electron chi connectivity index (χ4n) is 1.68. The molecule has 2 aromatic rings. The molecule has 0 aliphatic heterocycles. The number of nitrogens with one attached hydrogen (secondary N) is 2. The van der Waals surface area contributed by atoms with E-state index in [0.717, 1.165) is 12.1 Å². The molecule has 0 unspecified atom stereocenters. The normalized spacial score (nSPS) is 10.3. The van der Waals surface area contributed by atoms with Crippen LogP contribution in [-0.4, -0.2) is 20.9 Å². The SMILES string of the molecule is CCc1cc(NC(=O)Nc2ccc(O)c(Cl)c2)n(C)n1. The lowest BCUT2D eigenvalue weighted by molar-refractivity contribution is 0.262. The molecule has 0 aliphatic rings. The molecule has 0 spiro atoms.